The topological polar surface area (TPSA) is 66.0 Å². The fraction of sp³-hybridized carbons (Fsp3) is 0. The number of nitrogens with zero attached hydrogens (tertiary/aromatic N) is 2. The first-order valence-electron chi connectivity index (χ1n) is 7.69. The standard InChI is InChI=1S/C19H12N2O3S2/c22-16-8-7-12-4-1-2-6-14(12)15(16)11-20-21-18(23)17(26-19(21)25)10-13-5-3-9-24-13/h1-11,22H. The maximum absolute atomic E-state index is 12.5. The number of thioether (sulfide) groups is 1. The van der Waals surface area contributed by atoms with Crippen molar-refractivity contribution < 1.29 is 14.3 Å². The van der Waals surface area contributed by atoms with Gasteiger partial charge in [0, 0.05) is 11.6 Å². The van der Waals surface area contributed by atoms with E-state index in [0.29, 0.717) is 20.5 Å². The van der Waals surface area contributed by atoms with E-state index in [1.54, 1.807) is 24.3 Å². The number of amides is 1. The fourth-order valence-electron chi connectivity index (χ4n) is 2.60. The summed E-state index contributed by atoms with van der Waals surface area (Å²) in [5.74, 6) is 0.331. The maximum atomic E-state index is 12.5. The van der Waals surface area contributed by atoms with E-state index in [1.807, 2.05) is 30.3 Å². The van der Waals surface area contributed by atoms with Crippen LogP contribution < -0.4 is 0 Å². The number of phenolic OH excluding ortho intramolecular Hbond substituents is 1. The monoisotopic (exact) mass is 380 g/mol. The largest absolute Gasteiger partial charge is 0.507 e. The zero-order valence-corrected chi connectivity index (χ0v) is 15.0. The van der Waals surface area contributed by atoms with Gasteiger partial charge in [-0.2, -0.15) is 10.1 Å². The molecule has 1 aliphatic heterocycles. The molecule has 0 atom stereocenters. The van der Waals surface area contributed by atoms with Crippen LogP contribution >= 0.6 is 24.0 Å². The number of hydrazone groups is 1. The van der Waals surface area contributed by atoms with Crippen molar-refractivity contribution in [3.63, 3.8) is 0 Å². The first-order chi connectivity index (χ1) is 12.6. The molecule has 0 aliphatic carbocycles. The van der Waals surface area contributed by atoms with Gasteiger partial charge in [-0.05, 0) is 41.2 Å². The summed E-state index contributed by atoms with van der Waals surface area (Å²) in [7, 11) is 0. The average molecular weight is 380 g/mol. The van der Waals surface area contributed by atoms with Crippen LogP contribution in [0.3, 0.4) is 0 Å². The molecule has 1 amide bonds. The highest BCUT2D eigenvalue weighted by Crippen LogP contribution is 2.33. The second-order valence-electron chi connectivity index (χ2n) is 5.47. The van der Waals surface area contributed by atoms with Crippen LogP contribution in [0.2, 0.25) is 0 Å². The molecule has 5 nitrogen and oxygen atoms in total. The SMILES string of the molecule is O=C1C(=Cc2ccco2)SC(=S)N1N=Cc1c(O)ccc2ccccc12. The molecule has 1 aromatic heterocycles. The number of aromatic hydroxyl groups is 1. The predicted octanol–water partition coefficient (Wildman–Crippen LogP) is 4.37. The van der Waals surface area contributed by atoms with E-state index in [-0.39, 0.29) is 11.7 Å². The van der Waals surface area contributed by atoms with E-state index in [0.717, 1.165) is 27.5 Å². The van der Waals surface area contributed by atoms with Crippen molar-refractivity contribution in [2.24, 2.45) is 5.10 Å². The molecular formula is C19H12N2O3S2. The van der Waals surface area contributed by atoms with E-state index in [2.05, 4.69) is 5.10 Å². The predicted molar refractivity (Wildman–Crippen MR) is 107 cm³/mol. The van der Waals surface area contributed by atoms with Crippen LogP contribution in [0.5, 0.6) is 5.75 Å². The zero-order chi connectivity index (χ0) is 18.1. The van der Waals surface area contributed by atoms with Crippen molar-refractivity contribution in [2.45, 2.75) is 0 Å². The van der Waals surface area contributed by atoms with E-state index in [1.165, 1.54) is 12.5 Å². The van der Waals surface area contributed by atoms with Gasteiger partial charge in [-0.25, -0.2) is 0 Å². The van der Waals surface area contributed by atoms with Crippen LogP contribution in [0.4, 0.5) is 0 Å². The third-order valence-electron chi connectivity index (χ3n) is 3.84. The van der Waals surface area contributed by atoms with Crippen LogP contribution in [0, 0.1) is 0 Å². The molecule has 1 aliphatic rings. The van der Waals surface area contributed by atoms with Gasteiger partial charge in [0.25, 0.3) is 5.91 Å². The molecule has 2 aromatic carbocycles. The summed E-state index contributed by atoms with van der Waals surface area (Å²) >= 11 is 6.41. The Balaban J connectivity index is 1.66. The number of furan rings is 1. The van der Waals surface area contributed by atoms with Gasteiger partial charge in [-0.1, -0.05) is 42.1 Å². The van der Waals surface area contributed by atoms with Crippen molar-refractivity contribution >= 4 is 57.3 Å². The molecule has 1 N–H and O–H groups in total. The normalized spacial score (nSPS) is 16.5. The van der Waals surface area contributed by atoms with Crippen molar-refractivity contribution in [1.82, 2.24) is 5.01 Å². The average Bonchev–Trinajstić information content (AvgIpc) is 3.24. The minimum absolute atomic E-state index is 0.0871. The molecule has 0 radical (unpaired) electrons. The fourth-order valence-corrected chi connectivity index (χ4v) is 3.75. The number of fused-ring (bicyclic) bond motifs is 1. The van der Waals surface area contributed by atoms with Crippen LogP contribution in [0.25, 0.3) is 16.8 Å². The summed E-state index contributed by atoms with van der Waals surface area (Å²) in [4.78, 5) is 13.0. The van der Waals surface area contributed by atoms with Crippen LogP contribution in [-0.2, 0) is 4.79 Å². The molecule has 0 unspecified atom stereocenters. The molecule has 2 heterocycles. The number of benzene rings is 2. The van der Waals surface area contributed by atoms with Crippen molar-refractivity contribution in [1.29, 1.82) is 0 Å². The summed E-state index contributed by atoms with van der Waals surface area (Å²) in [5.41, 5.74) is 0.534. The maximum Gasteiger partial charge on any atom is 0.286 e. The number of thiocarbonyl (C=S) groups is 1. The Kier molecular flexibility index (Phi) is 4.32. The Labute approximate surface area is 158 Å². The Bertz CT molecular complexity index is 1070. The Morgan fingerprint density at radius 3 is 2.81 bits per heavy atom. The molecule has 4 rings (SSSR count). The molecule has 1 fully saturated rings. The van der Waals surface area contributed by atoms with Crippen LogP contribution in [-0.4, -0.2) is 26.6 Å². The highest BCUT2D eigenvalue weighted by Gasteiger charge is 2.32. The molecule has 1 saturated heterocycles. The minimum Gasteiger partial charge on any atom is -0.507 e. The Morgan fingerprint density at radius 2 is 2.00 bits per heavy atom. The number of carbonyl (C=O) groups excluding carboxylic acids is 1. The van der Waals surface area contributed by atoms with Gasteiger partial charge < -0.3 is 9.52 Å². The number of rotatable bonds is 3. The van der Waals surface area contributed by atoms with Gasteiger partial charge in [0.2, 0.25) is 0 Å². The number of phenols is 1. The first-order valence-corrected chi connectivity index (χ1v) is 8.92. The summed E-state index contributed by atoms with van der Waals surface area (Å²) in [6.07, 6.45) is 4.62. The van der Waals surface area contributed by atoms with Crippen LogP contribution in [0.1, 0.15) is 11.3 Å². The first kappa shape index (κ1) is 16.6. The molecule has 128 valence electrons. The third-order valence-corrected chi connectivity index (χ3v) is 5.12. The van der Waals surface area contributed by atoms with Crippen molar-refractivity contribution in [2.75, 3.05) is 0 Å². The smallest absolute Gasteiger partial charge is 0.286 e. The number of hydrogen-bond donors (Lipinski definition) is 1. The van der Waals surface area contributed by atoms with Gasteiger partial charge in [0.05, 0.1) is 17.4 Å². The molecular weight excluding hydrogens is 368 g/mol. The number of hydrogen-bond acceptors (Lipinski definition) is 6. The molecule has 26 heavy (non-hydrogen) atoms. The quantitative estimate of drug-likeness (QED) is 0.415. The van der Waals surface area contributed by atoms with E-state index < -0.39 is 0 Å². The van der Waals surface area contributed by atoms with E-state index in [9.17, 15) is 9.90 Å². The second kappa shape index (κ2) is 6.78. The van der Waals surface area contributed by atoms with Gasteiger partial charge >= 0.3 is 0 Å². The summed E-state index contributed by atoms with van der Waals surface area (Å²) in [6.45, 7) is 0. The Morgan fingerprint density at radius 1 is 1.15 bits per heavy atom. The van der Waals surface area contributed by atoms with E-state index >= 15 is 0 Å². The minimum atomic E-state index is -0.327. The molecule has 0 spiro atoms. The number of carbonyl (C=O) groups is 1. The molecule has 0 bridgehead atoms. The molecule has 0 saturated carbocycles. The lowest BCUT2D eigenvalue weighted by molar-refractivity contribution is -0.122. The van der Waals surface area contributed by atoms with E-state index in [4.69, 9.17) is 16.6 Å². The summed E-state index contributed by atoms with van der Waals surface area (Å²) in [5, 5.41) is 17.3. The highest BCUT2D eigenvalue weighted by molar-refractivity contribution is 8.26. The zero-order valence-electron chi connectivity index (χ0n) is 13.3. The van der Waals surface area contributed by atoms with Crippen molar-refractivity contribution in [3.05, 3.63) is 71.0 Å². The lowest BCUT2D eigenvalue weighted by Gasteiger charge is -2.08. The highest BCUT2D eigenvalue weighted by atomic mass is 32.2. The lowest BCUT2D eigenvalue weighted by atomic mass is 10.0. The van der Waals surface area contributed by atoms with Gasteiger partial charge in [-0.15, -0.1) is 0 Å². The van der Waals surface area contributed by atoms with Gasteiger partial charge in [0.1, 0.15) is 11.5 Å². The lowest BCUT2D eigenvalue weighted by Crippen LogP contribution is -2.22. The molecule has 7 heteroatoms. The van der Waals surface area contributed by atoms with Crippen molar-refractivity contribution in [3.8, 4) is 5.75 Å². The third kappa shape index (κ3) is 3.02. The Hall–Kier alpha value is -2.90. The summed E-state index contributed by atoms with van der Waals surface area (Å²) in [6, 6.07) is 14.6. The molecule has 3 aromatic rings. The van der Waals surface area contributed by atoms with Gasteiger partial charge in [-0.3, -0.25) is 4.79 Å². The second-order valence-corrected chi connectivity index (χ2v) is 7.15. The van der Waals surface area contributed by atoms with Gasteiger partial charge in [0.15, 0.2) is 4.32 Å². The summed E-state index contributed by atoms with van der Waals surface area (Å²) < 4.78 is 5.56. The van der Waals surface area contributed by atoms with Crippen LogP contribution in [0.15, 0.2) is 69.2 Å².